The Kier molecular flexibility index (Phi) is 5.51. The van der Waals surface area contributed by atoms with Gasteiger partial charge in [0.05, 0.1) is 12.3 Å². The van der Waals surface area contributed by atoms with Crippen LogP contribution in [0.5, 0.6) is 5.75 Å². The molecule has 0 spiro atoms. The monoisotopic (exact) mass is 355 g/mol. The van der Waals surface area contributed by atoms with E-state index in [1.54, 1.807) is 16.5 Å². The van der Waals surface area contributed by atoms with Crippen LogP contribution < -0.4 is 10.1 Å². The first-order valence-corrected chi connectivity index (χ1v) is 8.79. The van der Waals surface area contributed by atoms with Gasteiger partial charge in [0, 0.05) is 12.7 Å². The minimum atomic E-state index is -0.263. The number of hydrogen-bond donors (Lipinski definition) is 1. The first kappa shape index (κ1) is 17.9. The lowest BCUT2D eigenvalue weighted by molar-refractivity contribution is 0.0947. The third-order valence-corrected chi connectivity index (χ3v) is 4.15. The summed E-state index contributed by atoms with van der Waals surface area (Å²) in [5.74, 6) is 0.223. The third kappa shape index (κ3) is 3.69. The molecule has 0 atom stereocenters. The van der Waals surface area contributed by atoms with Crippen LogP contribution in [-0.2, 0) is 12.8 Å². The largest absolute Gasteiger partial charge is 0.490 e. The number of carbonyl (C=O) groups excluding carboxylic acids is 1. The molecular weight excluding hydrogens is 333 g/mol. The lowest BCUT2D eigenvalue weighted by Crippen LogP contribution is -2.27. The predicted octanol–water partition coefficient (Wildman–Crippen LogP) is 3.41. The van der Waals surface area contributed by atoms with Gasteiger partial charge in [-0.1, -0.05) is 19.1 Å². The highest BCUT2D eigenvalue weighted by Gasteiger charge is 2.19. The summed E-state index contributed by atoms with van der Waals surface area (Å²) in [5, 5.41) is 2.93. The number of carbonyl (C=O) groups is 1. The zero-order valence-electron chi connectivity index (χ0n) is 15.0. The van der Waals surface area contributed by atoms with Crippen molar-refractivity contribution in [2.45, 2.75) is 26.7 Å². The Morgan fingerprint density at radius 1 is 1.23 bits per heavy atom. The number of ether oxygens (including phenoxy) is 1. The summed E-state index contributed by atoms with van der Waals surface area (Å²) >= 11 is 0. The zero-order valence-corrected chi connectivity index (χ0v) is 15.0. The van der Waals surface area contributed by atoms with Crippen molar-refractivity contribution in [1.29, 1.82) is 0 Å². The third-order valence-electron chi connectivity index (χ3n) is 4.15. The van der Waals surface area contributed by atoms with E-state index in [0.29, 0.717) is 43.1 Å². The molecule has 0 saturated heterocycles. The van der Waals surface area contributed by atoms with E-state index in [9.17, 15) is 9.18 Å². The van der Waals surface area contributed by atoms with Crippen molar-refractivity contribution in [1.82, 2.24) is 14.7 Å². The van der Waals surface area contributed by atoms with Crippen molar-refractivity contribution in [2.75, 3.05) is 13.2 Å². The second kappa shape index (κ2) is 7.99. The number of halogens is 1. The van der Waals surface area contributed by atoms with Gasteiger partial charge < -0.3 is 10.1 Å². The van der Waals surface area contributed by atoms with Gasteiger partial charge in [0.15, 0.2) is 11.4 Å². The van der Waals surface area contributed by atoms with Crippen molar-refractivity contribution in [3.05, 3.63) is 65.4 Å². The van der Waals surface area contributed by atoms with Crippen molar-refractivity contribution in [3.8, 4) is 5.75 Å². The molecule has 6 heteroatoms. The molecule has 0 aliphatic carbocycles. The number of nitrogens with zero attached hydrogens (tertiary/aromatic N) is 2. The van der Waals surface area contributed by atoms with Crippen molar-refractivity contribution in [3.63, 3.8) is 0 Å². The van der Waals surface area contributed by atoms with E-state index in [1.807, 2.05) is 32.2 Å². The van der Waals surface area contributed by atoms with Gasteiger partial charge in [-0.3, -0.25) is 9.20 Å². The van der Waals surface area contributed by atoms with Crippen molar-refractivity contribution >= 4 is 11.6 Å². The Morgan fingerprint density at radius 2 is 2.00 bits per heavy atom. The number of aryl methyl sites for hydroxylation is 1. The van der Waals surface area contributed by atoms with E-state index in [1.165, 1.54) is 12.1 Å². The molecule has 136 valence electrons. The molecule has 0 radical (unpaired) electrons. The molecule has 0 aliphatic heterocycles. The molecule has 0 aliphatic rings. The summed E-state index contributed by atoms with van der Waals surface area (Å²) in [6, 6.07) is 9.98. The second-order valence-electron chi connectivity index (χ2n) is 5.89. The van der Waals surface area contributed by atoms with E-state index in [-0.39, 0.29) is 11.7 Å². The molecule has 1 aromatic carbocycles. The number of pyridine rings is 1. The van der Waals surface area contributed by atoms with E-state index < -0.39 is 0 Å². The van der Waals surface area contributed by atoms with Crippen LogP contribution in [0.2, 0.25) is 0 Å². The normalized spacial score (nSPS) is 10.9. The fourth-order valence-electron chi connectivity index (χ4n) is 2.90. The molecule has 2 heterocycles. The van der Waals surface area contributed by atoms with Crippen LogP contribution in [0.1, 0.15) is 35.6 Å². The topological polar surface area (TPSA) is 55.6 Å². The Morgan fingerprint density at radius 3 is 2.69 bits per heavy atom. The van der Waals surface area contributed by atoms with Crippen molar-refractivity contribution in [2.24, 2.45) is 0 Å². The standard InChI is InChI=1S/C20H22FN3O2/c1-3-16-18(24-13-5-6-17(26-4-2)19(24)23-16)20(25)22-12-11-14-7-9-15(21)10-8-14/h5-10,13H,3-4,11-12H2,1-2H3,(H,22,25). The molecule has 3 rings (SSSR count). The summed E-state index contributed by atoms with van der Waals surface area (Å²) < 4.78 is 20.3. The average Bonchev–Trinajstić information content (AvgIpc) is 3.03. The molecule has 0 fully saturated rings. The number of rotatable bonds is 7. The smallest absolute Gasteiger partial charge is 0.270 e. The van der Waals surface area contributed by atoms with E-state index in [4.69, 9.17) is 4.74 Å². The fraction of sp³-hybridized carbons (Fsp3) is 0.300. The van der Waals surface area contributed by atoms with Gasteiger partial charge in [0.2, 0.25) is 0 Å². The van der Waals surface area contributed by atoms with Crippen LogP contribution in [0.3, 0.4) is 0 Å². The van der Waals surface area contributed by atoms with Crippen LogP contribution in [0.25, 0.3) is 5.65 Å². The lowest BCUT2D eigenvalue weighted by Gasteiger charge is -2.08. The Hall–Kier alpha value is -2.89. The summed E-state index contributed by atoms with van der Waals surface area (Å²) in [4.78, 5) is 17.3. The van der Waals surface area contributed by atoms with Crippen molar-refractivity contribution < 1.29 is 13.9 Å². The van der Waals surface area contributed by atoms with E-state index in [2.05, 4.69) is 10.3 Å². The molecule has 1 amide bonds. The van der Waals surface area contributed by atoms with Gasteiger partial charge in [-0.15, -0.1) is 0 Å². The molecule has 0 unspecified atom stereocenters. The summed E-state index contributed by atoms with van der Waals surface area (Å²) in [6.07, 6.45) is 3.10. The number of amides is 1. The second-order valence-corrected chi connectivity index (χ2v) is 5.89. The lowest BCUT2D eigenvalue weighted by atomic mass is 10.1. The SMILES string of the molecule is CCOc1cccn2c(C(=O)NCCc3ccc(F)cc3)c(CC)nc12. The Labute approximate surface area is 151 Å². The molecule has 0 bridgehead atoms. The highest BCUT2D eigenvalue weighted by Crippen LogP contribution is 2.22. The van der Waals surface area contributed by atoms with Gasteiger partial charge in [-0.05, 0) is 49.6 Å². The predicted molar refractivity (Wildman–Crippen MR) is 98.2 cm³/mol. The summed E-state index contributed by atoms with van der Waals surface area (Å²) in [7, 11) is 0. The first-order valence-electron chi connectivity index (χ1n) is 8.79. The van der Waals surface area contributed by atoms with Gasteiger partial charge >= 0.3 is 0 Å². The maximum absolute atomic E-state index is 13.0. The Balaban J connectivity index is 1.78. The number of hydrogen-bond acceptors (Lipinski definition) is 3. The van der Waals surface area contributed by atoms with Gasteiger partial charge in [-0.2, -0.15) is 0 Å². The maximum Gasteiger partial charge on any atom is 0.270 e. The number of fused-ring (bicyclic) bond motifs is 1. The molecule has 2 aromatic heterocycles. The molecule has 26 heavy (non-hydrogen) atoms. The van der Waals surface area contributed by atoms with Gasteiger partial charge in [0.25, 0.3) is 5.91 Å². The average molecular weight is 355 g/mol. The minimum absolute atomic E-state index is 0.176. The number of imidazole rings is 1. The molecule has 0 saturated carbocycles. The highest BCUT2D eigenvalue weighted by atomic mass is 19.1. The Bertz CT molecular complexity index is 903. The molecule has 1 N–H and O–H groups in total. The fourth-order valence-corrected chi connectivity index (χ4v) is 2.90. The van der Waals surface area contributed by atoms with E-state index in [0.717, 1.165) is 11.3 Å². The molecule has 3 aromatic rings. The number of aromatic nitrogens is 2. The van der Waals surface area contributed by atoms with Crippen LogP contribution in [0.15, 0.2) is 42.6 Å². The first-order chi connectivity index (χ1) is 12.6. The van der Waals surface area contributed by atoms with Gasteiger partial charge in [0.1, 0.15) is 11.5 Å². The van der Waals surface area contributed by atoms with Crippen LogP contribution >= 0.6 is 0 Å². The zero-order chi connectivity index (χ0) is 18.5. The van der Waals surface area contributed by atoms with Gasteiger partial charge in [-0.25, -0.2) is 9.37 Å². The molecule has 5 nitrogen and oxygen atoms in total. The van der Waals surface area contributed by atoms with E-state index >= 15 is 0 Å². The number of benzene rings is 1. The highest BCUT2D eigenvalue weighted by molar-refractivity contribution is 5.95. The van der Waals surface area contributed by atoms with Crippen LogP contribution in [0.4, 0.5) is 4.39 Å². The molecular formula is C20H22FN3O2. The van der Waals surface area contributed by atoms with Crippen LogP contribution in [0, 0.1) is 5.82 Å². The maximum atomic E-state index is 13.0. The summed E-state index contributed by atoms with van der Waals surface area (Å²) in [6.45, 7) is 4.88. The van der Waals surface area contributed by atoms with Crippen LogP contribution in [-0.4, -0.2) is 28.4 Å². The minimum Gasteiger partial charge on any atom is -0.490 e. The number of nitrogens with one attached hydrogen (secondary N) is 1. The summed E-state index contributed by atoms with van der Waals surface area (Å²) in [5.41, 5.74) is 2.88. The quantitative estimate of drug-likeness (QED) is 0.707.